The molecule has 2 fully saturated rings. The van der Waals surface area contributed by atoms with E-state index in [1.165, 1.54) is 0 Å². The second kappa shape index (κ2) is 11.5. The van der Waals surface area contributed by atoms with Gasteiger partial charge in [-0.25, -0.2) is 0 Å². The second-order valence-corrected chi connectivity index (χ2v) is 7.30. The van der Waals surface area contributed by atoms with Crippen LogP contribution >= 0.6 is 24.8 Å². The van der Waals surface area contributed by atoms with Crippen LogP contribution in [0.1, 0.15) is 39.5 Å². The summed E-state index contributed by atoms with van der Waals surface area (Å²) in [7, 11) is 1.76. The molecular weight excluding hydrogens is 349 g/mol. The fraction of sp³-hybridized carbons (Fsp3) is 0.941. The third-order valence-corrected chi connectivity index (χ3v) is 5.38. The molecule has 0 unspecified atom stereocenters. The van der Waals surface area contributed by atoms with Gasteiger partial charge < -0.3 is 20.3 Å². The molecule has 2 saturated heterocycles. The third-order valence-electron chi connectivity index (χ3n) is 5.38. The van der Waals surface area contributed by atoms with Crippen molar-refractivity contribution in [2.24, 2.45) is 11.3 Å². The predicted octanol–water partition coefficient (Wildman–Crippen LogP) is 2.08. The molecule has 0 aromatic rings. The van der Waals surface area contributed by atoms with Gasteiger partial charge in [0.15, 0.2) is 0 Å². The smallest absolute Gasteiger partial charge is 0.223 e. The molecular formula is C17H35Cl2N3O2. The Morgan fingerprint density at radius 3 is 2.33 bits per heavy atom. The van der Waals surface area contributed by atoms with Gasteiger partial charge in [-0.1, -0.05) is 0 Å². The minimum Gasteiger partial charge on any atom is -0.384 e. The van der Waals surface area contributed by atoms with E-state index in [1.54, 1.807) is 7.11 Å². The Balaban J connectivity index is 0.00000264. The number of nitrogens with one attached hydrogen (secondary N) is 2. The third kappa shape index (κ3) is 6.68. The van der Waals surface area contributed by atoms with Gasteiger partial charge in [0.05, 0.1) is 6.61 Å². The van der Waals surface area contributed by atoms with Crippen LogP contribution in [0, 0.1) is 11.3 Å². The molecule has 2 aliphatic rings. The summed E-state index contributed by atoms with van der Waals surface area (Å²) in [5.74, 6) is 0.439. The molecule has 2 rings (SSSR count). The standard InChI is InChI=1S/C17H33N3O2.2ClH/c1-14(2)20-10-4-15(5-11-20)16(21)19-12-17(13-22-3)6-8-18-9-7-17;;/h14-15,18H,4-13H2,1-3H3,(H,19,21);2*1H. The van der Waals surface area contributed by atoms with E-state index < -0.39 is 0 Å². The van der Waals surface area contributed by atoms with E-state index in [4.69, 9.17) is 4.74 Å². The zero-order valence-corrected chi connectivity index (χ0v) is 16.9. The van der Waals surface area contributed by atoms with Crippen molar-refractivity contribution in [3.05, 3.63) is 0 Å². The quantitative estimate of drug-likeness (QED) is 0.736. The minimum atomic E-state index is 0. The van der Waals surface area contributed by atoms with Gasteiger partial charge in [0.25, 0.3) is 0 Å². The molecule has 5 nitrogen and oxygen atoms in total. The Kier molecular flexibility index (Phi) is 11.5. The first-order valence-corrected chi connectivity index (χ1v) is 8.78. The molecule has 144 valence electrons. The summed E-state index contributed by atoms with van der Waals surface area (Å²) >= 11 is 0. The Hall–Kier alpha value is -0.0700. The molecule has 0 radical (unpaired) electrons. The van der Waals surface area contributed by atoms with Crippen molar-refractivity contribution in [1.29, 1.82) is 0 Å². The fourth-order valence-electron chi connectivity index (χ4n) is 3.73. The molecule has 1 amide bonds. The molecule has 0 bridgehead atoms. The summed E-state index contributed by atoms with van der Waals surface area (Å²) in [5.41, 5.74) is 0.119. The van der Waals surface area contributed by atoms with E-state index >= 15 is 0 Å². The van der Waals surface area contributed by atoms with Crippen molar-refractivity contribution in [3.8, 4) is 0 Å². The van der Waals surface area contributed by atoms with Crippen LogP contribution in [0.15, 0.2) is 0 Å². The first kappa shape index (κ1) is 23.9. The largest absolute Gasteiger partial charge is 0.384 e. The number of amides is 1. The summed E-state index contributed by atoms with van der Waals surface area (Å²) in [6.07, 6.45) is 4.13. The average molecular weight is 384 g/mol. The van der Waals surface area contributed by atoms with Gasteiger partial charge in [0, 0.05) is 31.0 Å². The minimum absolute atomic E-state index is 0. The zero-order chi connectivity index (χ0) is 16.0. The lowest BCUT2D eigenvalue weighted by molar-refractivity contribution is -0.127. The molecule has 0 saturated carbocycles. The zero-order valence-electron chi connectivity index (χ0n) is 15.3. The van der Waals surface area contributed by atoms with Gasteiger partial charge in [-0.15, -0.1) is 24.8 Å². The first-order chi connectivity index (χ1) is 10.6. The van der Waals surface area contributed by atoms with E-state index in [1.807, 2.05) is 0 Å². The van der Waals surface area contributed by atoms with Gasteiger partial charge in [-0.2, -0.15) is 0 Å². The van der Waals surface area contributed by atoms with Crippen LogP contribution in [-0.4, -0.2) is 63.3 Å². The maximum absolute atomic E-state index is 12.5. The summed E-state index contributed by atoms with van der Waals surface area (Å²) in [6.45, 7) is 10.1. The highest BCUT2D eigenvalue weighted by molar-refractivity contribution is 5.85. The number of hydrogen-bond acceptors (Lipinski definition) is 4. The number of halogens is 2. The molecule has 2 N–H and O–H groups in total. The molecule has 2 aliphatic heterocycles. The monoisotopic (exact) mass is 383 g/mol. The Labute approximate surface area is 159 Å². The molecule has 2 heterocycles. The van der Waals surface area contributed by atoms with E-state index in [0.717, 1.165) is 65.0 Å². The van der Waals surface area contributed by atoms with Gasteiger partial charge in [0.1, 0.15) is 0 Å². The summed E-state index contributed by atoms with van der Waals surface area (Å²) < 4.78 is 5.42. The van der Waals surface area contributed by atoms with Crippen molar-refractivity contribution in [2.75, 3.05) is 46.4 Å². The highest BCUT2D eigenvalue weighted by atomic mass is 35.5. The van der Waals surface area contributed by atoms with Crippen LogP contribution in [0.5, 0.6) is 0 Å². The topological polar surface area (TPSA) is 53.6 Å². The Morgan fingerprint density at radius 1 is 1.25 bits per heavy atom. The lowest BCUT2D eigenvalue weighted by Gasteiger charge is -2.38. The molecule has 0 aromatic carbocycles. The highest BCUT2D eigenvalue weighted by Gasteiger charge is 2.34. The van der Waals surface area contributed by atoms with Crippen molar-refractivity contribution < 1.29 is 9.53 Å². The average Bonchev–Trinajstić information content (AvgIpc) is 2.54. The van der Waals surface area contributed by atoms with Crippen molar-refractivity contribution in [3.63, 3.8) is 0 Å². The molecule has 7 heteroatoms. The predicted molar refractivity (Wildman–Crippen MR) is 103 cm³/mol. The lowest BCUT2D eigenvalue weighted by atomic mass is 9.79. The van der Waals surface area contributed by atoms with Crippen molar-refractivity contribution in [1.82, 2.24) is 15.5 Å². The molecule has 0 aliphatic carbocycles. The number of likely N-dealkylation sites (tertiary alicyclic amines) is 1. The van der Waals surface area contributed by atoms with Crippen molar-refractivity contribution >= 4 is 30.7 Å². The van der Waals surface area contributed by atoms with Crippen LogP contribution in [-0.2, 0) is 9.53 Å². The normalized spacial score (nSPS) is 21.7. The van der Waals surface area contributed by atoms with Crippen LogP contribution in [0.3, 0.4) is 0 Å². The van der Waals surface area contributed by atoms with Gasteiger partial charge in [-0.3, -0.25) is 4.79 Å². The van der Waals surface area contributed by atoms with Gasteiger partial charge in [-0.05, 0) is 65.7 Å². The first-order valence-electron chi connectivity index (χ1n) is 8.78. The van der Waals surface area contributed by atoms with Gasteiger partial charge >= 0.3 is 0 Å². The Bertz CT molecular complexity index is 350. The van der Waals surface area contributed by atoms with Gasteiger partial charge in [0.2, 0.25) is 5.91 Å². The SMILES string of the molecule is COCC1(CNC(=O)C2CCN(C(C)C)CC2)CCNCC1.Cl.Cl. The number of carbonyl (C=O) groups excluding carboxylic acids is 1. The van der Waals surface area contributed by atoms with Crippen LogP contribution in [0.4, 0.5) is 0 Å². The molecule has 24 heavy (non-hydrogen) atoms. The summed E-state index contributed by atoms with van der Waals surface area (Å²) in [5, 5.41) is 6.62. The van der Waals surface area contributed by atoms with Crippen LogP contribution in [0.25, 0.3) is 0 Å². The van der Waals surface area contributed by atoms with E-state index in [0.29, 0.717) is 6.04 Å². The maximum Gasteiger partial charge on any atom is 0.223 e. The second-order valence-electron chi connectivity index (χ2n) is 7.30. The fourth-order valence-corrected chi connectivity index (χ4v) is 3.73. The highest BCUT2D eigenvalue weighted by Crippen LogP contribution is 2.28. The molecule has 0 spiro atoms. The number of hydrogen-bond donors (Lipinski definition) is 2. The number of rotatable bonds is 6. The molecule has 0 atom stereocenters. The summed E-state index contributed by atoms with van der Waals surface area (Å²) in [4.78, 5) is 14.9. The summed E-state index contributed by atoms with van der Waals surface area (Å²) in [6, 6.07) is 0.587. The Morgan fingerprint density at radius 2 is 1.83 bits per heavy atom. The number of carbonyl (C=O) groups is 1. The number of piperidine rings is 2. The van der Waals surface area contributed by atoms with E-state index in [-0.39, 0.29) is 42.1 Å². The van der Waals surface area contributed by atoms with E-state index in [2.05, 4.69) is 29.4 Å². The number of nitrogens with zero attached hydrogens (tertiary/aromatic N) is 1. The number of methoxy groups -OCH3 is 1. The van der Waals surface area contributed by atoms with Crippen molar-refractivity contribution in [2.45, 2.75) is 45.6 Å². The lowest BCUT2D eigenvalue weighted by Crippen LogP contribution is -2.49. The van der Waals surface area contributed by atoms with E-state index in [9.17, 15) is 4.79 Å². The molecule has 0 aromatic heterocycles. The number of ether oxygens (including phenoxy) is 1. The van der Waals surface area contributed by atoms with Crippen LogP contribution in [0.2, 0.25) is 0 Å². The van der Waals surface area contributed by atoms with Crippen LogP contribution < -0.4 is 10.6 Å². The maximum atomic E-state index is 12.5.